The highest BCUT2D eigenvalue weighted by Crippen LogP contribution is 2.19. The molecule has 0 saturated heterocycles. The molecule has 0 bridgehead atoms. The molecule has 5 nitrogen and oxygen atoms in total. The summed E-state index contributed by atoms with van der Waals surface area (Å²) in [6, 6.07) is 15.2. The number of aryl methyl sites for hydroxylation is 1. The molecule has 0 spiro atoms. The number of ether oxygens (including phenoxy) is 1. The molecule has 1 unspecified atom stereocenters. The Kier molecular flexibility index (Phi) is 8.13. The van der Waals surface area contributed by atoms with Gasteiger partial charge in [-0.1, -0.05) is 42.7 Å². The highest BCUT2D eigenvalue weighted by molar-refractivity contribution is 14.1. The zero-order valence-corrected chi connectivity index (χ0v) is 19.7. The third kappa shape index (κ3) is 6.45. The maximum Gasteiger partial charge on any atom is 0.261 e. The van der Waals surface area contributed by atoms with Crippen molar-refractivity contribution in [2.24, 2.45) is 0 Å². The second-order valence-electron chi connectivity index (χ2n) is 7.92. The summed E-state index contributed by atoms with van der Waals surface area (Å²) < 4.78 is 6.80. The molecule has 0 aromatic heterocycles. The number of nitrogens with one attached hydrogen (secondary N) is 1. The molecule has 30 heavy (non-hydrogen) atoms. The van der Waals surface area contributed by atoms with Gasteiger partial charge in [-0.05, 0) is 79.1 Å². The predicted octanol–water partition coefficient (Wildman–Crippen LogP) is 4.45. The van der Waals surface area contributed by atoms with Crippen molar-refractivity contribution in [1.82, 2.24) is 10.2 Å². The molecule has 1 N–H and O–H groups in total. The summed E-state index contributed by atoms with van der Waals surface area (Å²) in [5.41, 5.74) is 2.12. The van der Waals surface area contributed by atoms with Crippen molar-refractivity contribution in [3.05, 3.63) is 63.2 Å². The summed E-state index contributed by atoms with van der Waals surface area (Å²) in [6.45, 7) is 4.08. The Labute approximate surface area is 192 Å². The van der Waals surface area contributed by atoms with Crippen LogP contribution in [0.15, 0.2) is 48.5 Å². The first-order valence-electron chi connectivity index (χ1n) is 10.5. The van der Waals surface area contributed by atoms with Crippen molar-refractivity contribution in [2.45, 2.75) is 58.2 Å². The van der Waals surface area contributed by atoms with Gasteiger partial charge in [0.15, 0.2) is 6.61 Å². The van der Waals surface area contributed by atoms with E-state index >= 15 is 0 Å². The molecule has 2 amide bonds. The first-order valence-corrected chi connectivity index (χ1v) is 11.5. The van der Waals surface area contributed by atoms with E-state index in [1.165, 1.54) is 0 Å². The van der Waals surface area contributed by atoms with E-state index in [1.54, 1.807) is 11.8 Å². The van der Waals surface area contributed by atoms with Gasteiger partial charge in [-0.2, -0.15) is 0 Å². The van der Waals surface area contributed by atoms with E-state index < -0.39 is 6.04 Å². The van der Waals surface area contributed by atoms with E-state index in [9.17, 15) is 9.59 Å². The van der Waals surface area contributed by atoms with Crippen LogP contribution in [0.25, 0.3) is 0 Å². The van der Waals surface area contributed by atoms with Crippen LogP contribution in [0.4, 0.5) is 0 Å². The predicted molar refractivity (Wildman–Crippen MR) is 126 cm³/mol. The smallest absolute Gasteiger partial charge is 0.261 e. The van der Waals surface area contributed by atoms with Crippen LogP contribution in [0.2, 0.25) is 0 Å². The third-order valence-electron chi connectivity index (χ3n) is 5.48. The van der Waals surface area contributed by atoms with Crippen LogP contribution in [-0.4, -0.2) is 35.4 Å². The molecule has 2 aromatic rings. The fourth-order valence-electron chi connectivity index (χ4n) is 3.74. The maximum atomic E-state index is 13.1. The molecule has 2 aromatic carbocycles. The molecule has 6 heteroatoms. The van der Waals surface area contributed by atoms with Crippen LogP contribution in [-0.2, 0) is 16.1 Å². The van der Waals surface area contributed by atoms with Crippen LogP contribution >= 0.6 is 22.6 Å². The van der Waals surface area contributed by atoms with Gasteiger partial charge >= 0.3 is 0 Å². The minimum Gasteiger partial charge on any atom is -0.484 e. The van der Waals surface area contributed by atoms with E-state index in [1.807, 2.05) is 55.5 Å². The van der Waals surface area contributed by atoms with Crippen LogP contribution in [0.5, 0.6) is 5.75 Å². The summed E-state index contributed by atoms with van der Waals surface area (Å²) in [6.07, 6.45) is 4.32. The normalized spacial score (nSPS) is 14.9. The Balaban J connectivity index is 1.70. The van der Waals surface area contributed by atoms with Crippen molar-refractivity contribution in [3.63, 3.8) is 0 Å². The second-order valence-corrected chi connectivity index (χ2v) is 9.16. The second kappa shape index (κ2) is 10.8. The van der Waals surface area contributed by atoms with Crippen LogP contribution in [0.3, 0.4) is 0 Å². The average molecular weight is 520 g/mol. The molecule has 3 rings (SSSR count). The largest absolute Gasteiger partial charge is 0.484 e. The lowest BCUT2D eigenvalue weighted by Gasteiger charge is -2.29. The monoisotopic (exact) mass is 520 g/mol. The van der Waals surface area contributed by atoms with Crippen molar-refractivity contribution in [1.29, 1.82) is 0 Å². The van der Waals surface area contributed by atoms with E-state index in [-0.39, 0.29) is 24.5 Å². The molecular formula is C24H29IN2O3. The SMILES string of the molecule is Cc1cccc(CN(C(=O)COc2ccc(I)cc2)C(C)C(=O)NC2CCCC2)c1. The van der Waals surface area contributed by atoms with Gasteiger partial charge in [-0.15, -0.1) is 0 Å². The van der Waals surface area contributed by atoms with Crippen LogP contribution in [0.1, 0.15) is 43.7 Å². The fraction of sp³-hybridized carbons (Fsp3) is 0.417. The number of hydrogen-bond acceptors (Lipinski definition) is 3. The summed E-state index contributed by atoms with van der Waals surface area (Å²) in [5, 5.41) is 3.12. The number of amides is 2. The van der Waals surface area contributed by atoms with E-state index in [4.69, 9.17) is 4.74 Å². The Bertz CT molecular complexity index is 863. The van der Waals surface area contributed by atoms with Gasteiger partial charge < -0.3 is 15.0 Å². The highest BCUT2D eigenvalue weighted by Gasteiger charge is 2.28. The minimum atomic E-state index is -0.570. The molecule has 0 aliphatic heterocycles. The number of carbonyl (C=O) groups excluding carboxylic acids is 2. The number of carbonyl (C=O) groups is 2. The fourth-order valence-corrected chi connectivity index (χ4v) is 4.10. The molecule has 160 valence electrons. The van der Waals surface area contributed by atoms with Crippen molar-refractivity contribution >= 4 is 34.4 Å². The summed E-state index contributed by atoms with van der Waals surface area (Å²) >= 11 is 2.22. The number of nitrogens with zero attached hydrogens (tertiary/aromatic N) is 1. The zero-order chi connectivity index (χ0) is 21.5. The van der Waals surface area contributed by atoms with Crippen molar-refractivity contribution < 1.29 is 14.3 Å². The standard InChI is InChI=1S/C24H29IN2O3/c1-17-6-5-7-19(14-17)15-27(18(2)24(29)26-21-8-3-4-9-21)23(28)16-30-22-12-10-20(25)11-13-22/h5-7,10-14,18,21H,3-4,8-9,15-16H2,1-2H3,(H,26,29). The molecular weight excluding hydrogens is 491 g/mol. The lowest BCUT2D eigenvalue weighted by molar-refractivity contribution is -0.142. The van der Waals surface area contributed by atoms with E-state index in [2.05, 4.69) is 27.9 Å². The number of hydrogen-bond donors (Lipinski definition) is 1. The van der Waals surface area contributed by atoms with Crippen LogP contribution < -0.4 is 10.1 Å². The van der Waals surface area contributed by atoms with Crippen molar-refractivity contribution in [2.75, 3.05) is 6.61 Å². The minimum absolute atomic E-state index is 0.0998. The number of halogens is 1. The Hall–Kier alpha value is -2.09. The highest BCUT2D eigenvalue weighted by atomic mass is 127. The topological polar surface area (TPSA) is 58.6 Å². The summed E-state index contributed by atoms with van der Waals surface area (Å²) in [4.78, 5) is 27.6. The molecule has 0 radical (unpaired) electrons. The Morgan fingerprint density at radius 2 is 1.87 bits per heavy atom. The Morgan fingerprint density at radius 1 is 1.17 bits per heavy atom. The molecule has 1 saturated carbocycles. The van der Waals surface area contributed by atoms with Crippen molar-refractivity contribution in [3.8, 4) is 5.75 Å². The average Bonchev–Trinajstić information content (AvgIpc) is 3.24. The molecule has 1 fully saturated rings. The van der Waals surface area contributed by atoms with E-state index in [0.717, 1.165) is 40.4 Å². The lowest BCUT2D eigenvalue weighted by Crippen LogP contribution is -2.50. The van der Waals surface area contributed by atoms with Gasteiger partial charge in [0.05, 0.1) is 0 Å². The quantitative estimate of drug-likeness (QED) is 0.524. The third-order valence-corrected chi connectivity index (χ3v) is 6.20. The maximum absolute atomic E-state index is 13.1. The van der Waals surface area contributed by atoms with Gasteiger partial charge in [-0.3, -0.25) is 9.59 Å². The van der Waals surface area contributed by atoms with Gasteiger partial charge in [-0.25, -0.2) is 0 Å². The molecule has 1 atom stereocenters. The van der Waals surface area contributed by atoms with Gasteiger partial charge in [0.25, 0.3) is 5.91 Å². The van der Waals surface area contributed by atoms with Gasteiger partial charge in [0, 0.05) is 16.2 Å². The summed E-state index contributed by atoms with van der Waals surface area (Å²) in [7, 11) is 0. The first-order chi connectivity index (χ1) is 14.4. The number of rotatable bonds is 8. The number of benzene rings is 2. The molecule has 1 aliphatic carbocycles. The Morgan fingerprint density at radius 3 is 2.53 bits per heavy atom. The van der Waals surface area contributed by atoms with Gasteiger partial charge in [0.1, 0.15) is 11.8 Å². The first kappa shape index (κ1) is 22.6. The van der Waals surface area contributed by atoms with E-state index in [0.29, 0.717) is 12.3 Å². The summed E-state index contributed by atoms with van der Waals surface area (Å²) in [5.74, 6) is 0.337. The van der Waals surface area contributed by atoms with Crippen LogP contribution in [0, 0.1) is 10.5 Å². The van der Waals surface area contributed by atoms with Gasteiger partial charge in [0.2, 0.25) is 5.91 Å². The zero-order valence-electron chi connectivity index (χ0n) is 17.6. The molecule has 1 aliphatic rings. The molecule has 0 heterocycles. The lowest BCUT2D eigenvalue weighted by atomic mass is 10.1.